The quantitative estimate of drug-likeness (QED) is 0.734. The van der Waals surface area contributed by atoms with Gasteiger partial charge in [-0.1, -0.05) is 12.0 Å². The van der Waals surface area contributed by atoms with Gasteiger partial charge in [0.15, 0.2) is 0 Å². The highest BCUT2D eigenvalue weighted by Crippen LogP contribution is 2.16. The minimum atomic E-state index is -0.0899. The summed E-state index contributed by atoms with van der Waals surface area (Å²) in [5.41, 5.74) is 1.64. The maximum atomic E-state index is 11.8. The van der Waals surface area contributed by atoms with Crippen LogP contribution in [0.3, 0.4) is 0 Å². The average Bonchev–Trinajstić information content (AvgIpc) is 2.76. The number of rotatable bonds is 2. The normalized spacial score (nSPS) is 9.56. The first-order valence-electron chi connectivity index (χ1n) is 5.07. The molecule has 0 aliphatic carbocycles. The first-order valence-corrected chi connectivity index (χ1v) is 5.07. The zero-order chi connectivity index (χ0) is 11.4. The van der Waals surface area contributed by atoms with Crippen molar-refractivity contribution >= 4 is 16.8 Å². The van der Waals surface area contributed by atoms with Gasteiger partial charge in [0, 0.05) is 22.7 Å². The number of hydrogen-bond acceptors (Lipinski definition) is 1. The molecule has 3 nitrogen and oxygen atoms in total. The number of aromatic nitrogens is 1. The van der Waals surface area contributed by atoms with Crippen LogP contribution >= 0.6 is 0 Å². The Morgan fingerprint density at radius 2 is 2.31 bits per heavy atom. The number of benzene rings is 1. The lowest BCUT2D eigenvalue weighted by Crippen LogP contribution is -2.23. The van der Waals surface area contributed by atoms with Gasteiger partial charge in [-0.2, -0.15) is 0 Å². The number of aromatic amines is 1. The molecule has 0 bridgehead atoms. The maximum Gasteiger partial charge on any atom is 0.252 e. The Bertz CT molecular complexity index is 572. The van der Waals surface area contributed by atoms with E-state index >= 15 is 0 Å². The van der Waals surface area contributed by atoms with Crippen LogP contribution in [0.5, 0.6) is 0 Å². The summed E-state index contributed by atoms with van der Waals surface area (Å²) in [5, 5.41) is 3.69. The molecule has 1 aromatic heterocycles. The molecule has 0 unspecified atom stereocenters. The topological polar surface area (TPSA) is 44.9 Å². The molecule has 2 rings (SSSR count). The van der Waals surface area contributed by atoms with Crippen molar-refractivity contribution in [1.82, 2.24) is 10.3 Å². The molecule has 0 fully saturated rings. The third-order valence-electron chi connectivity index (χ3n) is 2.35. The van der Waals surface area contributed by atoms with Crippen molar-refractivity contribution < 1.29 is 4.79 Å². The molecule has 1 heterocycles. The fraction of sp³-hybridized carbons (Fsp3) is 0.154. The monoisotopic (exact) mass is 212 g/mol. The summed E-state index contributed by atoms with van der Waals surface area (Å²) in [6, 6.07) is 7.51. The summed E-state index contributed by atoms with van der Waals surface area (Å²) in [6.07, 6.45) is 1.83. The Balaban J connectivity index is 2.27. The lowest BCUT2D eigenvalue weighted by atomic mass is 10.1. The molecule has 0 atom stereocenters. The minimum Gasteiger partial charge on any atom is -0.361 e. The van der Waals surface area contributed by atoms with Gasteiger partial charge in [0.25, 0.3) is 5.91 Å². The third kappa shape index (κ3) is 1.91. The third-order valence-corrected chi connectivity index (χ3v) is 2.35. The van der Waals surface area contributed by atoms with Gasteiger partial charge in [-0.25, -0.2) is 0 Å². The smallest absolute Gasteiger partial charge is 0.252 e. The van der Waals surface area contributed by atoms with Crippen molar-refractivity contribution in [2.24, 2.45) is 0 Å². The van der Waals surface area contributed by atoms with E-state index < -0.39 is 0 Å². The summed E-state index contributed by atoms with van der Waals surface area (Å²) in [5.74, 6) is 5.45. The summed E-state index contributed by atoms with van der Waals surface area (Å²) in [4.78, 5) is 14.9. The molecular weight excluding hydrogens is 200 g/mol. The van der Waals surface area contributed by atoms with E-state index in [1.54, 1.807) is 6.92 Å². The molecular formula is C13H12N2O. The highest BCUT2D eigenvalue weighted by molar-refractivity contribution is 6.06. The van der Waals surface area contributed by atoms with Crippen LogP contribution in [0.15, 0.2) is 30.5 Å². The van der Waals surface area contributed by atoms with Gasteiger partial charge >= 0.3 is 0 Å². The number of fused-ring (bicyclic) bond motifs is 1. The number of carbonyl (C=O) groups excluding carboxylic acids is 1. The first-order chi connectivity index (χ1) is 7.83. The SMILES string of the molecule is CC#CCNC(=O)c1cccc2[nH]ccc12. The Morgan fingerprint density at radius 3 is 3.12 bits per heavy atom. The molecule has 2 N–H and O–H groups in total. The van der Waals surface area contributed by atoms with E-state index in [9.17, 15) is 4.79 Å². The highest BCUT2D eigenvalue weighted by Gasteiger charge is 2.08. The summed E-state index contributed by atoms with van der Waals surface area (Å²) in [7, 11) is 0. The van der Waals surface area contributed by atoms with Gasteiger partial charge in [0.1, 0.15) is 0 Å². The van der Waals surface area contributed by atoms with Gasteiger partial charge < -0.3 is 10.3 Å². The van der Waals surface area contributed by atoms with E-state index in [0.29, 0.717) is 12.1 Å². The van der Waals surface area contributed by atoms with Crippen molar-refractivity contribution in [2.75, 3.05) is 6.54 Å². The summed E-state index contributed by atoms with van der Waals surface area (Å²) in [6.45, 7) is 2.13. The molecule has 0 radical (unpaired) electrons. The summed E-state index contributed by atoms with van der Waals surface area (Å²) < 4.78 is 0. The standard InChI is InChI=1S/C13H12N2O/c1-2-3-8-15-13(16)11-5-4-6-12-10(11)7-9-14-12/h4-7,9,14H,8H2,1H3,(H,15,16). The second-order valence-electron chi connectivity index (χ2n) is 3.35. The van der Waals surface area contributed by atoms with Gasteiger partial charge in [-0.15, -0.1) is 5.92 Å². The van der Waals surface area contributed by atoms with Gasteiger partial charge in [0.05, 0.1) is 6.54 Å². The van der Waals surface area contributed by atoms with E-state index in [4.69, 9.17) is 0 Å². The largest absolute Gasteiger partial charge is 0.361 e. The Kier molecular flexibility index (Phi) is 2.93. The van der Waals surface area contributed by atoms with Crippen LogP contribution in [-0.4, -0.2) is 17.4 Å². The number of hydrogen-bond donors (Lipinski definition) is 2. The zero-order valence-electron chi connectivity index (χ0n) is 9.00. The average molecular weight is 212 g/mol. The minimum absolute atomic E-state index is 0.0899. The van der Waals surface area contributed by atoms with E-state index in [2.05, 4.69) is 22.1 Å². The van der Waals surface area contributed by atoms with Gasteiger partial charge in [-0.05, 0) is 25.1 Å². The predicted octanol–water partition coefficient (Wildman–Crippen LogP) is 1.92. The molecule has 2 aromatic rings. The van der Waals surface area contributed by atoms with E-state index in [-0.39, 0.29) is 5.91 Å². The molecule has 0 spiro atoms. The fourth-order valence-electron chi connectivity index (χ4n) is 1.59. The Labute approximate surface area is 93.9 Å². The molecule has 0 saturated heterocycles. The molecule has 1 aromatic carbocycles. The van der Waals surface area contributed by atoms with E-state index in [1.807, 2.05) is 30.5 Å². The number of nitrogens with one attached hydrogen (secondary N) is 2. The lowest BCUT2D eigenvalue weighted by molar-refractivity contribution is 0.0960. The molecule has 0 aliphatic heterocycles. The fourth-order valence-corrected chi connectivity index (χ4v) is 1.59. The maximum absolute atomic E-state index is 11.8. The first kappa shape index (κ1) is 10.3. The van der Waals surface area contributed by atoms with E-state index in [0.717, 1.165) is 10.9 Å². The Morgan fingerprint density at radius 1 is 1.44 bits per heavy atom. The van der Waals surface area contributed by atoms with Crippen LogP contribution in [0.2, 0.25) is 0 Å². The predicted molar refractivity (Wildman–Crippen MR) is 64.1 cm³/mol. The second kappa shape index (κ2) is 4.54. The van der Waals surface area contributed by atoms with Gasteiger partial charge in [0.2, 0.25) is 0 Å². The van der Waals surface area contributed by atoms with Gasteiger partial charge in [-0.3, -0.25) is 4.79 Å². The molecule has 16 heavy (non-hydrogen) atoms. The van der Waals surface area contributed by atoms with Crippen molar-refractivity contribution in [2.45, 2.75) is 6.92 Å². The van der Waals surface area contributed by atoms with Crippen molar-refractivity contribution in [3.63, 3.8) is 0 Å². The number of carbonyl (C=O) groups is 1. The number of H-pyrrole nitrogens is 1. The molecule has 0 aliphatic rings. The molecule has 0 saturated carbocycles. The van der Waals surface area contributed by atoms with Crippen LogP contribution in [0.1, 0.15) is 17.3 Å². The number of amides is 1. The lowest BCUT2D eigenvalue weighted by Gasteiger charge is -2.02. The van der Waals surface area contributed by atoms with Crippen molar-refractivity contribution in [3.8, 4) is 11.8 Å². The molecule has 80 valence electrons. The van der Waals surface area contributed by atoms with Crippen LogP contribution in [0.25, 0.3) is 10.9 Å². The molecule has 1 amide bonds. The van der Waals surface area contributed by atoms with Crippen LogP contribution in [0, 0.1) is 11.8 Å². The van der Waals surface area contributed by atoms with Crippen LogP contribution in [-0.2, 0) is 0 Å². The second-order valence-corrected chi connectivity index (χ2v) is 3.35. The Hall–Kier alpha value is -2.21. The van der Waals surface area contributed by atoms with Crippen molar-refractivity contribution in [3.05, 3.63) is 36.0 Å². The zero-order valence-corrected chi connectivity index (χ0v) is 9.00. The highest BCUT2D eigenvalue weighted by atomic mass is 16.1. The summed E-state index contributed by atoms with van der Waals surface area (Å²) >= 11 is 0. The van der Waals surface area contributed by atoms with Crippen LogP contribution < -0.4 is 5.32 Å². The van der Waals surface area contributed by atoms with Crippen LogP contribution in [0.4, 0.5) is 0 Å². The van der Waals surface area contributed by atoms with Crippen molar-refractivity contribution in [1.29, 1.82) is 0 Å². The molecule has 3 heteroatoms. The van der Waals surface area contributed by atoms with E-state index in [1.165, 1.54) is 0 Å².